The molecule has 1 atom stereocenters. The van der Waals surface area contributed by atoms with Crippen molar-refractivity contribution in [3.8, 4) is 5.75 Å². The van der Waals surface area contributed by atoms with Crippen molar-refractivity contribution in [3.63, 3.8) is 0 Å². The highest BCUT2D eigenvalue weighted by atomic mass is 16.5. The van der Waals surface area contributed by atoms with Gasteiger partial charge in [0.2, 0.25) is 0 Å². The Balaban J connectivity index is 1.77. The lowest BCUT2D eigenvalue weighted by Crippen LogP contribution is -2.31. The first-order chi connectivity index (χ1) is 16.5. The minimum atomic E-state index is -0.699. The van der Waals surface area contributed by atoms with E-state index < -0.39 is 17.7 Å². The van der Waals surface area contributed by atoms with Gasteiger partial charge in [0, 0.05) is 12.1 Å². The molecule has 1 aliphatic heterocycles. The van der Waals surface area contributed by atoms with Gasteiger partial charge in [-0.25, -0.2) is 0 Å². The third-order valence-electron chi connectivity index (χ3n) is 6.00. The summed E-state index contributed by atoms with van der Waals surface area (Å²) in [5.41, 5.74) is 3.46. The number of Topliss-reactive ketones (excluding diaryl/α,β-unsaturated/α-hetero) is 1. The summed E-state index contributed by atoms with van der Waals surface area (Å²) in [4.78, 5) is 27.9. The van der Waals surface area contributed by atoms with Crippen molar-refractivity contribution in [2.75, 3.05) is 13.2 Å². The lowest BCUT2D eigenvalue weighted by atomic mass is 9.94. The minimum absolute atomic E-state index is 0.106. The third-order valence-corrected chi connectivity index (χ3v) is 6.00. The standard InChI is InChI=1S/C29H29NO4/c1-3-18-34-24-11-7-10-23(19-24)26-25(27(31)22-14-12-20(2)13-15-22)28(32)29(33)30(26)17-16-21-8-5-4-6-9-21/h4-15,19,26,31H,3,16-18H2,1-2H3. The molecule has 174 valence electrons. The molecule has 1 N–H and O–H groups in total. The van der Waals surface area contributed by atoms with Crippen LogP contribution in [0.2, 0.25) is 0 Å². The SMILES string of the molecule is CCCOc1cccc(C2C(=C(O)c3ccc(C)cc3)C(=O)C(=O)N2CCc2ccccc2)c1. The molecule has 1 unspecified atom stereocenters. The Morgan fingerprint density at radius 2 is 1.71 bits per heavy atom. The molecule has 0 bridgehead atoms. The second kappa shape index (κ2) is 10.4. The van der Waals surface area contributed by atoms with Crippen LogP contribution in [0.1, 0.15) is 41.6 Å². The lowest BCUT2D eigenvalue weighted by molar-refractivity contribution is -0.139. The molecule has 1 amide bonds. The Bertz CT molecular complexity index is 1200. The first-order valence-electron chi connectivity index (χ1n) is 11.6. The van der Waals surface area contributed by atoms with Gasteiger partial charge in [-0.2, -0.15) is 0 Å². The number of ketones is 1. The Morgan fingerprint density at radius 1 is 0.971 bits per heavy atom. The van der Waals surface area contributed by atoms with Gasteiger partial charge >= 0.3 is 0 Å². The van der Waals surface area contributed by atoms with Crippen LogP contribution in [0.4, 0.5) is 0 Å². The quantitative estimate of drug-likeness (QED) is 0.279. The monoisotopic (exact) mass is 455 g/mol. The predicted molar refractivity (Wildman–Crippen MR) is 133 cm³/mol. The number of nitrogens with zero attached hydrogens (tertiary/aromatic N) is 1. The lowest BCUT2D eigenvalue weighted by Gasteiger charge is -2.26. The number of rotatable bonds is 8. The van der Waals surface area contributed by atoms with Crippen LogP contribution < -0.4 is 4.74 Å². The van der Waals surface area contributed by atoms with Crippen LogP contribution in [0, 0.1) is 6.92 Å². The highest BCUT2D eigenvalue weighted by Gasteiger charge is 2.45. The zero-order valence-corrected chi connectivity index (χ0v) is 19.5. The van der Waals surface area contributed by atoms with Gasteiger partial charge in [0.25, 0.3) is 11.7 Å². The maximum atomic E-state index is 13.2. The zero-order chi connectivity index (χ0) is 24.1. The molecule has 5 heteroatoms. The van der Waals surface area contributed by atoms with Gasteiger partial charge in [0.1, 0.15) is 11.5 Å². The van der Waals surface area contributed by atoms with Crippen molar-refractivity contribution in [3.05, 3.63) is 107 Å². The number of hydrogen-bond donors (Lipinski definition) is 1. The van der Waals surface area contributed by atoms with Crippen molar-refractivity contribution in [2.45, 2.75) is 32.7 Å². The molecule has 4 rings (SSSR count). The van der Waals surface area contributed by atoms with Crippen LogP contribution in [-0.2, 0) is 16.0 Å². The molecule has 34 heavy (non-hydrogen) atoms. The van der Waals surface area contributed by atoms with E-state index in [-0.39, 0.29) is 11.3 Å². The summed E-state index contributed by atoms with van der Waals surface area (Å²) in [7, 11) is 0. The van der Waals surface area contributed by atoms with E-state index >= 15 is 0 Å². The van der Waals surface area contributed by atoms with Crippen molar-refractivity contribution in [1.82, 2.24) is 4.90 Å². The first kappa shape index (κ1) is 23.3. The molecule has 0 spiro atoms. The van der Waals surface area contributed by atoms with Crippen LogP contribution >= 0.6 is 0 Å². The fourth-order valence-electron chi connectivity index (χ4n) is 4.21. The van der Waals surface area contributed by atoms with E-state index in [9.17, 15) is 14.7 Å². The second-order valence-electron chi connectivity index (χ2n) is 8.52. The molecule has 1 heterocycles. The van der Waals surface area contributed by atoms with E-state index in [4.69, 9.17) is 4.74 Å². The zero-order valence-electron chi connectivity index (χ0n) is 19.5. The Labute approximate surface area is 200 Å². The van der Waals surface area contributed by atoms with E-state index in [0.717, 1.165) is 23.1 Å². The summed E-state index contributed by atoms with van der Waals surface area (Å²) in [6, 6.07) is 23.8. The van der Waals surface area contributed by atoms with Crippen molar-refractivity contribution in [1.29, 1.82) is 0 Å². The average Bonchev–Trinajstić information content (AvgIpc) is 3.12. The van der Waals surface area contributed by atoms with Crippen LogP contribution in [0.5, 0.6) is 5.75 Å². The molecule has 0 aliphatic carbocycles. The molecule has 0 saturated carbocycles. The summed E-state index contributed by atoms with van der Waals surface area (Å²) >= 11 is 0. The van der Waals surface area contributed by atoms with Crippen LogP contribution in [-0.4, -0.2) is 34.8 Å². The van der Waals surface area contributed by atoms with Gasteiger partial charge in [0.05, 0.1) is 18.2 Å². The number of carbonyl (C=O) groups is 2. The molecule has 5 nitrogen and oxygen atoms in total. The smallest absolute Gasteiger partial charge is 0.295 e. The predicted octanol–water partition coefficient (Wildman–Crippen LogP) is 5.45. The maximum Gasteiger partial charge on any atom is 0.295 e. The number of amides is 1. The van der Waals surface area contributed by atoms with Gasteiger partial charge in [-0.1, -0.05) is 79.2 Å². The molecule has 1 aliphatic rings. The molecule has 0 aromatic heterocycles. The number of ether oxygens (including phenoxy) is 1. The second-order valence-corrected chi connectivity index (χ2v) is 8.52. The molecular formula is C29H29NO4. The summed E-state index contributed by atoms with van der Waals surface area (Å²) in [5, 5.41) is 11.2. The Kier molecular flexibility index (Phi) is 7.12. The van der Waals surface area contributed by atoms with Crippen LogP contribution in [0.25, 0.3) is 5.76 Å². The number of likely N-dealkylation sites (tertiary alicyclic amines) is 1. The van der Waals surface area contributed by atoms with Gasteiger partial charge in [0.15, 0.2) is 0 Å². The molecule has 3 aromatic rings. The van der Waals surface area contributed by atoms with Crippen molar-refractivity contribution in [2.24, 2.45) is 0 Å². The number of aryl methyl sites for hydroxylation is 1. The van der Waals surface area contributed by atoms with Gasteiger partial charge in [-0.15, -0.1) is 0 Å². The van der Waals surface area contributed by atoms with Crippen molar-refractivity contribution < 1.29 is 19.4 Å². The minimum Gasteiger partial charge on any atom is -0.507 e. The van der Waals surface area contributed by atoms with E-state index in [1.54, 1.807) is 17.0 Å². The highest BCUT2D eigenvalue weighted by Crippen LogP contribution is 2.40. The van der Waals surface area contributed by atoms with Gasteiger partial charge in [-0.3, -0.25) is 9.59 Å². The normalized spacial score (nSPS) is 17.2. The van der Waals surface area contributed by atoms with Crippen LogP contribution in [0.15, 0.2) is 84.4 Å². The fourth-order valence-corrected chi connectivity index (χ4v) is 4.21. The summed E-state index contributed by atoms with van der Waals surface area (Å²) in [6.07, 6.45) is 1.47. The molecule has 1 fully saturated rings. The topological polar surface area (TPSA) is 66.8 Å². The largest absolute Gasteiger partial charge is 0.507 e. The number of hydrogen-bond acceptors (Lipinski definition) is 4. The summed E-state index contributed by atoms with van der Waals surface area (Å²) in [6.45, 7) is 4.91. The summed E-state index contributed by atoms with van der Waals surface area (Å²) in [5.74, 6) is -0.765. The average molecular weight is 456 g/mol. The van der Waals surface area contributed by atoms with Gasteiger partial charge in [-0.05, 0) is 43.0 Å². The number of carbonyl (C=O) groups excluding carboxylic acids is 2. The first-order valence-corrected chi connectivity index (χ1v) is 11.6. The van der Waals surface area contributed by atoms with Gasteiger partial charge < -0.3 is 14.7 Å². The maximum absolute atomic E-state index is 13.2. The Morgan fingerprint density at radius 3 is 2.41 bits per heavy atom. The number of benzene rings is 3. The van der Waals surface area contributed by atoms with Crippen molar-refractivity contribution >= 4 is 17.4 Å². The van der Waals surface area contributed by atoms with E-state index in [1.807, 2.05) is 80.6 Å². The van der Waals surface area contributed by atoms with E-state index in [0.29, 0.717) is 30.9 Å². The van der Waals surface area contributed by atoms with E-state index in [1.165, 1.54) is 0 Å². The molecule has 1 saturated heterocycles. The summed E-state index contributed by atoms with van der Waals surface area (Å²) < 4.78 is 5.80. The fraction of sp³-hybridized carbons (Fsp3) is 0.241. The molecule has 3 aromatic carbocycles. The third kappa shape index (κ3) is 4.88. The highest BCUT2D eigenvalue weighted by molar-refractivity contribution is 6.46. The Hall–Kier alpha value is -3.86. The van der Waals surface area contributed by atoms with Crippen LogP contribution in [0.3, 0.4) is 0 Å². The van der Waals surface area contributed by atoms with E-state index in [2.05, 4.69) is 0 Å². The molecular weight excluding hydrogens is 426 g/mol. The molecule has 0 radical (unpaired) electrons. The number of aliphatic hydroxyl groups excluding tert-OH is 1. The number of aliphatic hydroxyl groups is 1.